The van der Waals surface area contributed by atoms with Gasteiger partial charge in [-0.05, 0) is 62.4 Å². The zero-order chi connectivity index (χ0) is 44.9. The van der Waals surface area contributed by atoms with Crippen LogP contribution in [0.3, 0.4) is 0 Å². The summed E-state index contributed by atoms with van der Waals surface area (Å²) in [5.41, 5.74) is -1.91. The van der Waals surface area contributed by atoms with Gasteiger partial charge in [-0.2, -0.15) is 0 Å². The second-order valence-corrected chi connectivity index (χ2v) is 14.4. The predicted molar refractivity (Wildman–Crippen MR) is 210 cm³/mol. The Morgan fingerprint density at radius 2 is 0.951 bits per heavy atom. The number of carbonyl (C=O) groups excluding carboxylic acids is 4. The third-order valence-corrected chi connectivity index (χ3v) is 8.85. The van der Waals surface area contributed by atoms with Gasteiger partial charge in [0.2, 0.25) is 11.8 Å². The molecule has 4 rings (SSSR count). The van der Waals surface area contributed by atoms with Crippen LogP contribution in [-0.4, -0.2) is 122 Å². The molecule has 0 heterocycles. The monoisotopic (exact) mass is 1010 g/mol. The van der Waals surface area contributed by atoms with Crippen molar-refractivity contribution in [3.63, 3.8) is 0 Å². The van der Waals surface area contributed by atoms with Gasteiger partial charge in [-0.3, -0.25) is 39.4 Å². The number of benzene rings is 4. The van der Waals surface area contributed by atoms with E-state index in [2.05, 4.69) is 31.1 Å². The minimum Gasteiger partial charge on any atom is -0.744 e. The van der Waals surface area contributed by atoms with Crippen LogP contribution in [0.25, 0.3) is 0 Å². The smallest absolute Gasteiger partial charge is 0.744 e. The SMILES string of the molecule is COc1cccc(NC(=O)CC(C)=O)c1N=Nc1ccc(S(=O)(=O)[O-])cc1[N+](=O)[O-].COc1cccc(NC(=O)CC(C)=O)c1N=Nc1ccc(S(=O)(=O)[O-])cc1[N+](=O)[O-].[Ba+2]. The molecule has 4 aromatic rings. The number of carbonyl (C=O) groups is 4. The van der Waals surface area contributed by atoms with Crippen LogP contribution in [0.5, 0.6) is 11.5 Å². The Morgan fingerprint density at radius 3 is 1.23 bits per heavy atom. The van der Waals surface area contributed by atoms with Crippen LogP contribution >= 0.6 is 0 Å². The van der Waals surface area contributed by atoms with Gasteiger partial charge >= 0.3 is 48.9 Å². The first-order valence-electron chi connectivity index (χ1n) is 16.3. The molecular formula is C34H30BaN8O16S2. The minimum atomic E-state index is -4.91. The number of rotatable bonds is 16. The molecule has 0 aliphatic heterocycles. The van der Waals surface area contributed by atoms with Gasteiger partial charge < -0.3 is 29.2 Å². The molecule has 0 radical (unpaired) electrons. The number of Topliss-reactive ketones (excluding diaryl/α,β-unsaturated/α-hetero) is 2. The predicted octanol–water partition coefficient (Wildman–Crippen LogP) is 5.30. The molecule has 0 fully saturated rings. The molecule has 0 spiro atoms. The van der Waals surface area contributed by atoms with Crippen LogP contribution in [0.4, 0.5) is 45.5 Å². The summed E-state index contributed by atoms with van der Waals surface area (Å²) in [5, 5.41) is 42.7. The van der Waals surface area contributed by atoms with Crippen molar-refractivity contribution in [2.75, 3.05) is 24.9 Å². The van der Waals surface area contributed by atoms with E-state index in [1.54, 1.807) is 0 Å². The molecule has 61 heavy (non-hydrogen) atoms. The van der Waals surface area contributed by atoms with Crippen LogP contribution in [-0.2, 0) is 39.4 Å². The third kappa shape index (κ3) is 15.3. The molecule has 0 atom stereocenters. The first kappa shape index (κ1) is 51.3. The van der Waals surface area contributed by atoms with Crippen molar-refractivity contribution in [3.8, 4) is 11.5 Å². The number of hydrogen-bond donors (Lipinski definition) is 2. The average molecular weight is 1010 g/mol. The molecule has 0 aliphatic rings. The zero-order valence-electron chi connectivity index (χ0n) is 32.1. The molecule has 0 aromatic heterocycles. The van der Waals surface area contributed by atoms with Gasteiger partial charge in [0.1, 0.15) is 43.3 Å². The van der Waals surface area contributed by atoms with E-state index >= 15 is 0 Å². The molecule has 2 N–H and O–H groups in total. The van der Waals surface area contributed by atoms with Crippen molar-refractivity contribution in [1.82, 2.24) is 0 Å². The average Bonchev–Trinajstić information content (AvgIpc) is 3.15. The van der Waals surface area contributed by atoms with Gasteiger partial charge in [-0.1, -0.05) is 12.1 Å². The molecule has 24 nitrogen and oxygen atoms in total. The number of ether oxygens (including phenoxy) is 2. The fourth-order valence-corrected chi connectivity index (χ4v) is 5.59. The number of methoxy groups -OCH3 is 2. The van der Waals surface area contributed by atoms with Gasteiger partial charge in [-0.15, -0.1) is 20.5 Å². The van der Waals surface area contributed by atoms with Crippen molar-refractivity contribution in [2.24, 2.45) is 20.5 Å². The Hall–Kier alpha value is -5.85. The first-order chi connectivity index (χ1) is 28.0. The van der Waals surface area contributed by atoms with Crippen molar-refractivity contribution in [3.05, 3.63) is 93.0 Å². The Labute approximate surface area is 385 Å². The van der Waals surface area contributed by atoms with Gasteiger partial charge in [0, 0.05) is 12.1 Å². The number of nitrogens with one attached hydrogen (secondary N) is 2. The number of azo groups is 2. The number of nitro groups is 2. The van der Waals surface area contributed by atoms with Crippen molar-refractivity contribution in [1.29, 1.82) is 0 Å². The van der Waals surface area contributed by atoms with Crippen molar-refractivity contribution >= 4 is 138 Å². The normalized spacial score (nSPS) is 11.1. The molecule has 0 saturated heterocycles. The Balaban J connectivity index is 0.000000413. The Kier molecular flexibility index (Phi) is 19.1. The van der Waals surface area contributed by atoms with E-state index in [4.69, 9.17) is 9.47 Å². The molecule has 4 aromatic carbocycles. The summed E-state index contributed by atoms with van der Waals surface area (Å²) in [5.74, 6) is -1.60. The topological polar surface area (TPSA) is 361 Å². The maximum Gasteiger partial charge on any atom is 2.00 e. The Morgan fingerprint density at radius 1 is 0.607 bits per heavy atom. The summed E-state index contributed by atoms with van der Waals surface area (Å²) >= 11 is 0. The fraction of sp³-hybridized carbons (Fsp3) is 0.176. The van der Waals surface area contributed by atoms with E-state index in [-0.39, 0.29) is 119 Å². The molecular weight excluding hydrogens is 978 g/mol. The maximum absolute atomic E-state index is 11.9. The second kappa shape index (κ2) is 22.7. The van der Waals surface area contributed by atoms with E-state index in [1.807, 2.05) is 0 Å². The molecule has 0 saturated carbocycles. The summed E-state index contributed by atoms with van der Waals surface area (Å²) in [6.45, 7) is 2.49. The van der Waals surface area contributed by atoms with Gasteiger partial charge in [-0.25, -0.2) is 16.8 Å². The fourth-order valence-electron chi connectivity index (χ4n) is 4.61. The van der Waals surface area contributed by atoms with Crippen LogP contribution in [0, 0.1) is 20.2 Å². The minimum absolute atomic E-state index is 0. The summed E-state index contributed by atoms with van der Waals surface area (Å²) in [6.07, 6.45) is -0.741. The quantitative estimate of drug-likeness (QED) is 0.0359. The zero-order valence-corrected chi connectivity index (χ0v) is 38.2. The number of ketones is 2. The molecule has 0 aliphatic carbocycles. The van der Waals surface area contributed by atoms with Crippen LogP contribution in [0.2, 0.25) is 0 Å². The summed E-state index contributed by atoms with van der Waals surface area (Å²) in [6, 6.07) is 13.8. The number of nitrogens with zero attached hydrogens (tertiary/aromatic N) is 6. The summed E-state index contributed by atoms with van der Waals surface area (Å²) in [4.78, 5) is 65.1. The number of amides is 2. The van der Waals surface area contributed by atoms with Gasteiger partial charge in [0.25, 0.3) is 11.4 Å². The second-order valence-electron chi connectivity index (χ2n) is 11.7. The molecule has 316 valence electrons. The summed E-state index contributed by atoms with van der Waals surface area (Å²) in [7, 11) is -7.16. The standard InChI is InChI=1S/2C17H16N4O8S.Ba/c2*1-10(22)8-16(23)18-13-4-3-5-15(29-2)17(13)20-19-12-7-6-11(30(26,27)28)9-14(12)21(24)25;/h2*3-7,9H,8H2,1-2H3,(H,18,23)(H,26,27,28);/q;;+2/p-2. The summed E-state index contributed by atoms with van der Waals surface area (Å²) < 4.78 is 76.9. The van der Waals surface area contributed by atoms with E-state index in [0.29, 0.717) is 12.1 Å². The van der Waals surface area contributed by atoms with E-state index < -0.39 is 63.1 Å². The van der Waals surface area contributed by atoms with E-state index in [1.165, 1.54) is 64.5 Å². The number of anilines is 2. The van der Waals surface area contributed by atoms with Crippen LogP contribution in [0.15, 0.2) is 103 Å². The number of hydrogen-bond acceptors (Lipinski definition) is 20. The third-order valence-electron chi connectivity index (χ3n) is 7.18. The number of nitro benzene ring substituents is 2. The van der Waals surface area contributed by atoms with E-state index in [0.717, 1.165) is 24.3 Å². The molecule has 2 amide bonds. The van der Waals surface area contributed by atoms with Gasteiger partial charge in [0.15, 0.2) is 22.7 Å². The van der Waals surface area contributed by atoms with Crippen molar-refractivity contribution < 1.29 is 64.4 Å². The van der Waals surface area contributed by atoms with E-state index in [9.17, 15) is 65.3 Å². The molecule has 27 heteroatoms. The van der Waals surface area contributed by atoms with Gasteiger partial charge in [0.05, 0.1) is 58.1 Å². The maximum atomic E-state index is 11.9. The first-order valence-corrected chi connectivity index (χ1v) is 19.1. The largest absolute Gasteiger partial charge is 2.00 e. The van der Waals surface area contributed by atoms with Crippen LogP contribution < -0.4 is 20.1 Å². The molecule has 0 unspecified atom stereocenters. The van der Waals surface area contributed by atoms with Crippen molar-refractivity contribution in [2.45, 2.75) is 36.5 Å². The Bertz CT molecular complexity index is 2480. The van der Waals surface area contributed by atoms with Crippen LogP contribution in [0.1, 0.15) is 26.7 Å². The molecule has 0 bridgehead atoms.